The summed E-state index contributed by atoms with van der Waals surface area (Å²) in [5.41, 5.74) is 0.578. The topological polar surface area (TPSA) is 40.6 Å². The van der Waals surface area contributed by atoms with E-state index in [2.05, 4.69) is 4.90 Å². The molecule has 0 bridgehead atoms. The van der Waals surface area contributed by atoms with Crippen molar-refractivity contribution in [3.8, 4) is 0 Å². The number of hydrogen-bond acceptors (Lipinski definition) is 3. The molecule has 1 atom stereocenters. The number of piperazine rings is 1. The van der Waals surface area contributed by atoms with Crippen LogP contribution in [0, 0.1) is 5.82 Å². The van der Waals surface area contributed by atoms with Crippen molar-refractivity contribution in [2.24, 2.45) is 0 Å². The van der Waals surface area contributed by atoms with Gasteiger partial charge in [0, 0.05) is 31.6 Å². The van der Waals surface area contributed by atoms with E-state index in [0.29, 0.717) is 18.7 Å². The Morgan fingerprint density at radius 3 is 2.81 bits per heavy atom. The second-order valence-electron chi connectivity index (χ2n) is 5.59. The van der Waals surface area contributed by atoms with Crippen LogP contribution in [0.4, 0.5) is 4.39 Å². The van der Waals surface area contributed by atoms with Gasteiger partial charge in [-0.15, -0.1) is 11.6 Å². The van der Waals surface area contributed by atoms with Gasteiger partial charge in [-0.1, -0.05) is 6.07 Å². The van der Waals surface area contributed by atoms with Crippen molar-refractivity contribution in [2.45, 2.75) is 29.7 Å². The summed E-state index contributed by atoms with van der Waals surface area (Å²) in [7, 11) is -3.77. The highest BCUT2D eigenvalue weighted by atomic mass is 35.5. The first-order valence-corrected chi connectivity index (χ1v) is 9.08. The Morgan fingerprint density at radius 2 is 2.10 bits per heavy atom. The standard InChI is InChI=1S/C14H18ClFN2O2S/c15-9-11-3-4-14(13(16)8-11)21(19,20)18-7-6-17-5-1-2-12(17)10-18/h3-4,8,12H,1-2,5-7,9-10H2. The molecule has 1 aromatic rings. The third kappa shape index (κ3) is 2.82. The third-order valence-electron chi connectivity index (χ3n) is 4.32. The Morgan fingerprint density at radius 1 is 1.29 bits per heavy atom. The predicted octanol–water partition coefficient (Wildman–Crippen LogP) is 2.03. The number of alkyl halides is 1. The number of nitrogens with zero attached hydrogens (tertiary/aromatic N) is 2. The quantitative estimate of drug-likeness (QED) is 0.795. The minimum Gasteiger partial charge on any atom is -0.298 e. The van der Waals surface area contributed by atoms with Gasteiger partial charge < -0.3 is 0 Å². The Hall–Kier alpha value is -0.690. The SMILES string of the molecule is O=S(=O)(c1ccc(CCl)cc1F)N1CCN2CCCC2C1. The molecule has 0 amide bonds. The number of hydrogen-bond donors (Lipinski definition) is 0. The second kappa shape index (κ2) is 5.83. The van der Waals surface area contributed by atoms with E-state index in [4.69, 9.17) is 11.6 Å². The molecule has 2 saturated heterocycles. The molecule has 2 heterocycles. The maximum Gasteiger partial charge on any atom is 0.246 e. The van der Waals surface area contributed by atoms with Gasteiger partial charge in [0.2, 0.25) is 10.0 Å². The van der Waals surface area contributed by atoms with Crippen LogP contribution < -0.4 is 0 Å². The molecule has 2 aliphatic rings. The third-order valence-corrected chi connectivity index (χ3v) is 6.53. The molecule has 4 nitrogen and oxygen atoms in total. The maximum absolute atomic E-state index is 14.1. The molecule has 0 radical (unpaired) electrons. The first-order chi connectivity index (χ1) is 10.0. The van der Waals surface area contributed by atoms with E-state index in [-0.39, 0.29) is 16.8 Å². The van der Waals surface area contributed by atoms with E-state index in [9.17, 15) is 12.8 Å². The summed E-state index contributed by atoms with van der Waals surface area (Å²) in [6.45, 7) is 2.65. The van der Waals surface area contributed by atoms with Crippen molar-refractivity contribution in [3.63, 3.8) is 0 Å². The molecule has 7 heteroatoms. The zero-order chi connectivity index (χ0) is 15.0. The van der Waals surface area contributed by atoms with Gasteiger partial charge in [0.1, 0.15) is 10.7 Å². The number of fused-ring (bicyclic) bond motifs is 1. The van der Waals surface area contributed by atoms with E-state index in [1.54, 1.807) is 6.07 Å². The van der Waals surface area contributed by atoms with Crippen LogP contribution in [0.25, 0.3) is 0 Å². The fraction of sp³-hybridized carbons (Fsp3) is 0.571. The monoisotopic (exact) mass is 332 g/mol. The van der Waals surface area contributed by atoms with Crippen LogP contribution in [0.2, 0.25) is 0 Å². The number of benzene rings is 1. The smallest absolute Gasteiger partial charge is 0.246 e. The molecule has 2 aliphatic heterocycles. The highest BCUT2D eigenvalue weighted by Crippen LogP contribution is 2.27. The van der Waals surface area contributed by atoms with Crippen LogP contribution in [0.1, 0.15) is 18.4 Å². The van der Waals surface area contributed by atoms with Crippen molar-refractivity contribution in [3.05, 3.63) is 29.6 Å². The summed E-state index contributed by atoms with van der Waals surface area (Å²) >= 11 is 5.64. The Bertz CT molecular complexity index is 638. The Balaban J connectivity index is 1.86. The fourth-order valence-electron chi connectivity index (χ4n) is 3.16. The average Bonchev–Trinajstić information content (AvgIpc) is 2.94. The van der Waals surface area contributed by atoms with Crippen LogP contribution in [0.5, 0.6) is 0 Å². The van der Waals surface area contributed by atoms with Gasteiger partial charge in [0.15, 0.2) is 0 Å². The van der Waals surface area contributed by atoms with E-state index < -0.39 is 15.8 Å². The van der Waals surface area contributed by atoms with Gasteiger partial charge in [0.25, 0.3) is 0 Å². The van der Waals surface area contributed by atoms with Crippen LogP contribution in [-0.2, 0) is 15.9 Å². The lowest BCUT2D eigenvalue weighted by Gasteiger charge is -2.36. The molecule has 0 aromatic heterocycles. The van der Waals surface area contributed by atoms with Gasteiger partial charge >= 0.3 is 0 Å². The molecule has 0 spiro atoms. The van der Waals surface area contributed by atoms with E-state index in [1.807, 2.05) is 0 Å². The summed E-state index contributed by atoms with van der Waals surface area (Å²) in [5, 5.41) is 0. The van der Waals surface area contributed by atoms with Gasteiger partial charge in [-0.05, 0) is 37.1 Å². The zero-order valence-electron chi connectivity index (χ0n) is 11.6. The van der Waals surface area contributed by atoms with E-state index in [0.717, 1.165) is 25.9 Å². The molecule has 1 aromatic carbocycles. The first kappa shape index (κ1) is 15.2. The highest BCUT2D eigenvalue weighted by molar-refractivity contribution is 7.89. The summed E-state index contributed by atoms with van der Waals surface area (Å²) < 4.78 is 40.8. The first-order valence-electron chi connectivity index (χ1n) is 7.11. The minimum atomic E-state index is -3.77. The van der Waals surface area contributed by atoms with Crippen molar-refractivity contribution in [2.75, 3.05) is 26.2 Å². The Labute approximate surface area is 129 Å². The van der Waals surface area contributed by atoms with Gasteiger partial charge in [0.05, 0.1) is 0 Å². The lowest BCUT2D eigenvalue weighted by Crippen LogP contribution is -2.52. The van der Waals surface area contributed by atoms with E-state index in [1.165, 1.54) is 16.4 Å². The number of halogens is 2. The van der Waals surface area contributed by atoms with Gasteiger partial charge in [-0.25, -0.2) is 12.8 Å². The molecule has 0 saturated carbocycles. The molecule has 0 N–H and O–H groups in total. The van der Waals surface area contributed by atoms with Crippen LogP contribution >= 0.6 is 11.6 Å². The lowest BCUT2D eigenvalue weighted by molar-refractivity contribution is 0.158. The van der Waals surface area contributed by atoms with Gasteiger partial charge in [-0.3, -0.25) is 4.90 Å². The van der Waals surface area contributed by atoms with E-state index >= 15 is 0 Å². The summed E-state index contributed by atoms with van der Waals surface area (Å²) in [6, 6.07) is 4.36. The van der Waals surface area contributed by atoms with Crippen molar-refractivity contribution in [1.82, 2.24) is 9.21 Å². The number of rotatable bonds is 3. The van der Waals surface area contributed by atoms with Crippen LogP contribution in [0.15, 0.2) is 23.1 Å². The predicted molar refractivity (Wildman–Crippen MR) is 79.3 cm³/mol. The summed E-state index contributed by atoms with van der Waals surface area (Å²) in [6.07, 6.45) is 2.12. The summed E-state index contributed by atoms with van der Waals surface area (Å²) in [4.78, 5) is 2.07. The van der Waals surface area contributed by atoms with Crippen LogP contribution in [0.3, 0.4) is 0 Å². The minimum absolute atomic E-state index is 0.165. The molecule has 1 unspecified atom stereocenters. The van der Waals surface area contributed by atoms with Crippen molar-refractivity contribution >= 4 is 21.6 Å². The molecule has 2 fully saturated rings. The Kier molecular flexibility index (Phi) is 4.23. The average molecular weight is 333 g/mol. The normalized spacial score (nSPS) is 24.2. The maximum atomic E-state index is 14.1. The molecule has 0 aliphatic carbocycles. The molecular formula is C14H18ClFN2O2S. The lowest BCUT2D eigenvalue weighted by atomic mass is 10.2. The number of sulfonamides is 1. The second-order valence-corrected chi connectivity index (χ2v) is 7.77. The highest BCUT2D eigenvalue weighted by Gasteiger charge is 2.37. The largest absolute Gasteiger partial charge is 0.298 e. The van der Waals surface area contributed by atoms with Crippen LogP contribution in [-0.4, -0.2) is 49.8 Å². The molecule has 21 heavy (non-hydrogen) atoms. The van der Waals surface area contributed by atoms with Crippen molar-refractivity contribution in [1.29, 1.82) is 0 Å². The fourth-order valence-corrected chi connectivity index (χ4v) is 4.84. The molecule has 3 rings (SSSR count). The zero-order valence-corrected chi connectivity index (χ0v) is 13.2. The van der Waals surface area contributed by atoms with Gasteiger partial charge in [-0.2, -0.15) is 4.31 Å². The van der Waals surface area contributed by atoms with Crippen molar-refractivity contribution < 1.29 is 12.8 Å². The molecule has 116 valence electrons. The summed E-state index contributed by atoms with van der Waals surface area (Å²) in [5.74, 6) is -0.556. The molecular weight excluding hydrogens is 315 g/mol.